The van der Waals surface area contributed by atoms with Gasteiger partial charge in [0.1, 0.15) is 23.0 Å². The van der Waals surface area contributed by atoms with Crippen LogP contribution >= 0.6 is 0 Å². The summed E-state index contributed by atoms with van der Waals surface area (Å²) >= 11 is 0. The van der Waals surface area contributed by atoms with Crippen LogP contribution in [0, 0.1) is 0 Å². The van der Waals surface area contributed by atoms with Gasteiger partial charge < -0.3 is 9.47 Å². The van der Waals surface area contributed by atoms with E-state index in [0.717, 1.165) is 111 Å². The molecule has 0 saturated carbocycles. The highest BCUT2D eigenvalue weighted by Crippen LogP contribution is 2.61. The smallest absolute Gasteiger partial charge is 0.143 e. The van der Waals surface area contributed by atoms with Gasteiger partial charge in [0.25, 0.3) is 0 Å². The van der Waals surface area contributed by atoms with E-state index in [1.807, 2.05) is 0 Å². The van der Waals surface area contributed by atoms with Gasteiger partial charge in [0.2, 0.25) is 0 Å². The van der Waals surface area contributed by atoms with Crippen molar-refractivity contribution in [3.8, 4) is 134 Å². The number of hydrogen-bond donors (Lipinski definition) is 0. The minimum Gasteiger partial charge on any atom is -0.455 e. The fourth-order valence-corrected chi connectivity index (χ4v) is 11.7. The molecule has 2 heteroatoms. The summed E-state index contributed by atoms with van der Waals surface area (Å²) in [4.78, 5) is 0. The summed E-state index contributed by atoms with van der Waals surface area (Å²) in [7, 11) is 0. The molecule has 0 aromatic heterocycles. The minimum absolute atomic E-state index is 0.812. The van der Waals surface area contributed by atoms with Gasteiger partial charge in [0.05, 0.1) is 0 Å². The van der Waals surface area contributed by atoms with Crippen molar-refractivity contribution < 1.29 is 9.47 Å². The van der Waals surface area contributed by atoms with Crippen LogP contribution in [0.2, 0.25) is 0 Å². The van der Waals surface area contributed by atoms with E-state index in [0.29, 0.717) is 0 Å². The van der Waals surface area contributed by atoms with E-state index in [1.54, 1.807) is 0 Å². The highest BCUT2D eigenvalue weighted by Gasteiger charge is 2.34. The third kappa shape index (κ3) is 7.34. The van der Waals surface area contributed by atoms with Gasteiger partial charge in [-0.2, -0.15) is 0 Å². The average molecular weight is 967 g/mol. The SMILES string of the molecule is c1ccc(-c2ccc(-c3cc(-c4ccc(-c5ccccc5)cc4)c4c(c3)-c3c5ccccc5c5c6c(ccc(c36)O4)Oc3c(-c4ccc(-c6ccccc6)cc4)cc(-c4ccc(-c6ccccc6)cc4)cc3-5)cc2)cc1. The van der Waals surface area contributed by atoms with Crippen molar-refractivity contribution in [2.24, 2.45) is 0 Å². The van der Waals surface area contributed by atoms with Crippen molar-refractivity contribution in [3.63, 3.8) is 0 Å². The molecule has 2 heterocycles. The van der Waals surface area contributed by atoms with Gasteiger partial charge in [0.15, 0.2) is 0 Å². The van der Waals surface area contributed by atoms with Gasteiger partial charge in [-0.05, 0) is 125 Å². The third-order valence-corrected chi connectivity index (χ3v) is 15.5. The lowest BCUT2D eigenvalue weighted by Crippen LogP contribution is -2.06. The Morgan fingerprint density at radius 2 is 0.421 bits per heavy atom. The van der Waals surface area contributed by atoms with Crippen molar-refractivity contribution in [2.45, 2.75) is 0 Å². The number of hydrogen-bond acceptors (Lipinski definition) is 2. The molecular formula is C74H46O2. The molecule has 0 unspecified atom stereocenters. The number of rotatable bonds is 8. The minimum atomic E-state index is 0.812. The van der Waals surface area contributed by atoms with Gasteiger partial charge in [0, 0.05) is 44.2 Å². The quantitative estimate of drug-likeness (QED) is 0.141. The van der Waals surface area contributed by atoms with Crippen LogP contribution in [-0.2, 0) is 0 Å². The summed E-state index contributed by atoms with van der Waals surface area (Å²) in [5.74, 6) is 3.31. The maximum absolute atomic E-state index is 7.36. The maximum atomic E-state index is 7.36. The monoisotopic (exact) mass is 966 g/mol. The number of ether oxygens (including phenoxy) is 2. The van der Waals surface area contributed by atoms with Crippen LogP contribution < -0.4 is 9.47 Å². The van der Waals surface area contributed by atoms with Crippen molar-refractivity contribution in [3.05, 3.63) is 279 Å². The summed E-state index contributed by atoms with van der Waals surface area (Å²) in [6, 6.07) is 101. The molecule has 0 N–H and O–H groups in total. The molecule has 0 atom stereocenters. The van der Waals surface area contributed by atoms with E-state index in [4.69, 9.17) is 9.47 Å². The van der Waals surface area contributed by atoms with Crippen LogP contribution in [0.1, 0.15) is 0 Å². The first-order valence-corrected chi connectivity index (χ1v) is 26.0. The first-order valence-electron chi connectivity index (χ1n) is 26.0. The van der Waals surface area contributed by atoms with Crippen molar-refractivity contribution in [1.29, 1.82) is 0 Å². The molecule has 0 spiro atoms. The Morgan fingerprint density at radius 3 is 0.724 bits per heavy atom. The fraction of sp³-hybridized carbons (Fsp3) is 0. The standard InChI is InChI=1S/C74H46O2/c1-5-15-47(16-6-1)51-25-29-55(30-26-51)59-43-63(57-37-33-53(34-38-57)49-19-9-3-10-20-49)73-65(45-59)69-61-23-13-14-24-62(61)70-66-46-60(56-31-27-52(28-32-56)48-17-7-2-8-18-48)44-64(58-39-35-54(36-40-58)50-21-11-4-12-22-50)74(66)76-68-42-41-67(75-73)71(69)72(68)70/h1-46H. The molecule has 13 aromatic carbocycles. The summed E-state index contributed by atoms with van der Waals surface area (Å²) in [5.41, 5.74) is 22.6. The Kier molecular flexibility index (Phi) is 10.2. The molecular weight excluding hydrogens is 921 g/mol. The Hall–Kier alpha value is -10.0. The van der Waals surface area contributed by atoms with Gasteiger partial charge in [-0.1, -0.05) is 243 Å². The summed E-state index contributed by atoms with van der Waals surface area (Å²) in [5, 5.41) is 4.43. The van der Waals surface area contributed by atoms with E-state index < -0.39 is 0 Å². The van der Waals surface area contributed by atoms with E-state index in [-0.39, 0.29) is 0 Å². The topological polar surface area (TPSA) is 18.5 Å². The van der Waals surface area contributed by atoms with Crippen LogP contribution in [0.5, 0.6) is 23.0 Å². The number of fused-ring (bicyclic) bond motifs is 7. The molecule has 15 rings (SSSR count). The predicted octanol–water partition coefficient (Wildman–Crippen LogP) is 20.9. The summed E-state index contributed by atoms with van der Waals surface area (Å²) < 4.78 is 14.7. The molecule has 2 aliphatic heterocycles. The van der Waals surface area contributed by atoms with E-state index >= 15 is 0 Å². The molecule has 2 aliphatic rings. The lowest BCUT2D eigenvalue weighted by Gasteiger charge is -2.31. The molecule has 76 heavy (non-hydrogen) atoms. The first-order chi connectivity index (χ1) is 37.7. The molecule has 0 aliphatic carbocycles. The fourth-order valence-electron chi connectivity index (χ4n) is 11.7. The van der Waals surface area contributed by atoms with E-state index in [1.165, 1.54) is 44.5 Å². The zero-order valence-electron chi connectivity index (χ0n) is 41.4. The average Bonchev–Trinajstić information content (AvgIpc) is 3.60. The highest BCUT2D eigenvalue weighted by atomic mass is 16.5. The van der Waals surface area contributed by atoms with Crippen molar-refractivity contribution >= 4 is 21.5 Å². The molecule has 0 radical (unpaired) electrons. The van der Waals surface area contributed by atoms with Gasteiger partial charge in [-0.15, -0.1) is 0 Å². The van der Waals surface area contributed by atoms with Crippen LogP contribution in [0.15, 0.2) is 279 Å². The van der Waals surface area contributed by atoms with Gasteiger partial charge in [-0.3, -0.25) is 0 Å². The van der Waals surface area contributed by atoms with Crippen molar-refractivity contribution in [1.82, 2.24) is 0 Å². The van der Waals surface area contributed by atoms with Crippen LogP contribution in [0.4, 0.5) is 0 Å². The van der Waals surface area contributed by atoms with Crippen molar-refractivity contribution in [2.75, 3.05) is 0 Å². The van der Waals surface area contributed by atoms with Crippen LogP contribution in [-0.4, -0.2) is 0 Å². The Balaban J connectivity index is 0.954. The second-order valence-electron chi connectivity index (χ2n) is 19.9. The van der Waals surface area contributed by atoms with Crippen LogP contribution in [0.25, 0.3) is 133 Å². The molecule has 13 aromatic rings. The largest absolute Gasteiger partial charge is 0.455 e. The maximum Gasteiger partial charge on any atom is 0.143 e. The summed E-state index contributed by atoms with van der Waals surface area (Å²) in [6.07, 6.45) is 0. The van der Waals surface area contributed by atoms with Gasteiger partial charge in [-0.25, -0.2) is 0 Å². The highest BCUT2D eigenvalue weighted by molar-refractivity contribution is 6.27. The Labute approximate surface area is 442 Å². The van der Waals surface area contributed by atoms with Gasteiger partial charge >= 0.3 is 0 Å². The normalized spacial score (nSPS) is 11.9. The summed E-state index contributed by atoms with van der Waals surface area (Å²) in [6.45, 7) is 0. The van der Waals surface area contributed by atoms with Crippen LogP contribution in [0.3, 0.4) is 0 Å². The zero-order valence-corrected chi connectivity index (χ0v) is 41.4. The molecule has 2 nitrogen and oxygen atoms in total. The first kappa shape index (κ1) is 43.6. The Bertz CT molecular complexity index is 4070. The second-order valence-corrected chi connectivity index (χ2v) is 19.9. The van der Waals surface area contributed by atoms with E-state index in [2.05, 4.69) is 279 Å². The molecule has 0 saturated heterocycles. The second kappa shape index (κ2) is 17.9. The molecule has 0 bridgehead atoms. The number of benzene rings is 13. The predicted molar refractivity (Wildman–Crippen MR) is 316 cm³/mol. The lowest BCUT2D eigenvalue weighted by molar-refractivity contribution is 0.477. The Morgan fingerprint density at radius 1 is 0.184 bits per heavy atom. The molecule has 0 fully saturated rings. The van der Waals surface area contributed by atoms with E-state index in [9.17, 15) is 0 Å². The molecule has 0 amide bonds. The molecule has 354 valence electrons. The zero-order chi connectivity index (χ0) is 50.1. The lowest BCUT2D eigenvalue weighted by atomic mass is 9.80. The third-order valence-electron chi connectivity index (χ3n) is 15.5.